The van der Waals surface area contributed by atoms with E-state index in [1.165, 1.54) is 16.2 Å². The molecule has 1 N–H and O–H groups in total. The molecule has 0 aromatic heterocycles. The van der Waals surface area contributed by atoms with Gasteiger partial charge in [0.15, 0.2) is 0 Å². The van der Waals surface area contributed by atoms with E-state index in [0.717, 1.165) is 29.9 Å². The van der Waals surface area contributed by atoms with Gasteiger partial charge in [-0.2, -0.15) is 0 Å². The summed E-state index contributed by atoms with van der Waals surface area (Å²) in [6, 6.07) is 29.5. The average molecular weight is 442 g/mol. The number of ether oxygens (including phenoxy) is 1. The van der Waals surface area contributed by atoms with Gasteiger partial charge in [0.25, 0.3) is 5.58 Å². The summed E-state index contributed by atoms with van der Waals surface area (Å²) in [6.45, 7) is 3.01. The zero-order chi connectivity index (χ0) is 22.2. The second-order valence-electron chi connectivity index (χ2n) is 7.90. The van der Waals surface area contributed by atoms with Gasteiger partial charge in [0, 0.05) is 0 Å². The van der Waals surface area contributed by atoms with Gasteiger partial charge in [0.1, 0.15) is 23.6 Å². The molecule has 4 heteroatoms. The lowest BCUT2D eigenvalue weighted by Crippen LogP contribution is -2.32. The van der Waals surface area contributed by atoms with E-state index >= 15 is 0 Å². The number of methoxy groups -OCH3 is 1. The van der Waals surface area contributed by atoms with Gasteiger partial charge < -0.3 is 10.1 Å². The minimum atomic E-state index is -2.02. The molecule has 0 unspecified atom stereocenters. The van der Waals surface area contributed by atoms with Crippen LogP contribution in [0.2, 0.25) is 0 Å². The molecular weight excluding hydrogens is 411 g/mol. The molecule has 3 nitrogen and oxygen atoms in total. The number of nitrogens with one attached hydrogen (secondary N) is 1. The van der Waals surface area contributed by atoms with Crippen molar-refractivity contribution in [1.82, 2.24) is 0 Å². The Morgan fingerprint density at radius 2 is 1.50 bits per heavy atom. The number of amidine groups is 1. The number of nitrogens with zero attached hydrogens (tertiary/aromatic N) is 1. The Morgan fingerprint density at radius 3 is 2.09 bits per heavy atom. The first-order chi connectivity index (χ1) is 15.7. The lowest BCUT2D eigenvalue weighted by atomic mass is 10.1. The maximum absolute atomic E-state index is 5.64. The third-order valence-corrected chi connectivity index (χ3v) is 9.57. The van der Waals surface area contributed by atoms with Crippen LogP contribution in [0.5, 0.6) is 5.75 Å². The van der Waals surface area contributed by atoms with E-state index in [-0.39, 0.29) is 0 Å². The highest BCUT2D eigenvalue weighted by Gasteiger charge is 2.44. The lowest BCUT2D eigenvalue weighted by Gasteiger charge is -2.25. The zero-order valence-corrected chi connectivity index (χ0v) is 19.6. The van der Waals surface area contributed by atoms with Crippen LogP contribution < -0.4 is 20.7 Å². The van der Waals surface area contributed by atoms with Crippen molar-refractivity contribution in [2.24, 2.45) is 4.99 Å². The number of rotatable bonds is 7. The van der Waals surface area contributed by atoms with E-state index < -0.39 is 7.26 Å². The van der Waals surface area contributed by atoms with Crippen LogP contribution >= 0.6 is 7.26 Å². The Bertz CT molecular complexity index is 1080. The highest BCUT2D eigenvalue weighted by atomic mass is 31.2. The molecule has 0 saturated carbocycles. The SMILES string of the molecule is COc1ccccc1NC(=NCC1=CCCC=C1)[P+](C)(c1ccccc1)c1ccccc1. The summed E-state index contributed by atoms with van der Waals surface area (Å²) in [4.78, 5) is 5.22. The third kappa shape index (κ3) is 4.84. The Hall–Kier alpha value is -3.16. The third-order valence-electron chi connectivity index (χ3n) is 5.81. The number of hydrogen-bond acceptors (Lipinski definition) is 2. The number of hydrogen-bond donors (Lipinski definition) is 1. The molecule has 3 aromatic carbocycles. The van der Waals surface area contributed by atoms with E-state index in [9.17, 15) is 0 Å². The molecule has 1 aliphatic rings. The quantitative estimate of drug-likeness (QED) is 0.276. The van der Waals surface area contributed by atoms with Gasteiger partial charge in [-0.3, -0.25) is 0 Å². The standard InChI is InChI=1S/C28H30N2OP/c1-31-27-21-13-12-20-26(27)30-28(29-22-23-14-6-3-7-15-23)32(2,24-16-8-4-9-17-24)25-18-10-5-11-19-25/h4-6,8-21H,3,7,22H2,1-2H3,(H,29,30)/q+1. The molecule has 3 aromatic rings. The maximum atomic E-state index is 5.64. The first-order valence-corrected chi connectivity index (χ1v) is 13.2. The van der Waals surface area contributed by atoms with Crippen LogP contribution in [0.15, 0.2) is 114 Å². The molecule has 0 spiro atoms. The number of benzene rings is 3. The highest BCUT2D eigenvalue weighted by Crippen LogP contribution is 2.54. The molecular formula is C28H30N2OP+. The van der Waals surface area contributed by atoms with Crippen LogP contribution in [0.1, 0.15) is 12.8 Å². The van der Waals surface area contributed by atoms with Crippen LogP contribution in [0.3, 0.4) is 0 Å². The van der Waals surface area contributed by atoms with Crippen molar-refractivity contribution in [3.63, 3.8) is 0 Å². The smallest absolute Gasteiger partial charge is 0.260 e. The first-order valence-electron chi connectivity index (χ1n) is 11.0. The van der Waals surface area contributed by atoms with E-state index in [1.54, 1.807) is 7.11 Å². The molecule has 0 atom stereocenters. The molecule has 0 aliphatic heterocycles. The highest BCUT2D eigenvalue weighted by molar-refractivity contribution is 8.02. The topological polar surface area (TPSA) is 33.6 Å². The van der Waals surface area contributed by atoms with Crippen molar-refractivity contribution in [3.8, 4) is 5.75 Å². The molecule has 0 bridgehead atoms. The minimum absolute atomic E-state index is 0.656. The van der Waals surface area contributed by atoms with E-state index in [0.29, 0.717) is 6.54 Å². The van der Waals surface area contributed by atoms with Gasteiger partial charge >= 0.3 is 0 Å². The van der Waals surface area contributed by atoms with Crippen molar-refractivity contribution in [2.45, 2.75) is 12.8 Å². The maximum Gasteiger partial charge on any atom is 0.260 e. The number of allylic oxidation sites excluding steroid dienone is 2. The number of para-hydroxylation sites is 2. The van der Waals surface area contributed by atoms with Crippen LogP contribution in [0, 0.1) is 0 Å². The van der Waals surface area contributed by atoms with Crippen LogP contribution in [-0.4, -0.2) is 25.9 Å². The van der Waals surface area contributed by atoms with Gasteiger partial charge in [-0.25, -0.2) is 4.99 Å². The first kappa shape index (κ1) is 22.0. The van der Waals surface area contributed by atoms with Crippen molar-refractivity contribution >= 4 is 29.1 Å². The largest absolute Gasteiger partial charge is 0.495 e. The Kier molecular flexibility index (Phi) is 7.19. The van der Waals surface area contributed by atoms with Crippen molar-refractivity contribution in [3.05, 3.63) is 109 Å². The summed E-state index contributed by atoms with van der Waals surface area (Å²) in [5.41, 5.74) is 3.20. The summed E-state index contributed by atoms with van der Waals surface area (Å²) in [7, 11) is -0.310. The number of aliphatic imine (C=N–C) groups is 1. The summed E-state index contributed by atoms with van der Waals surface area (Å²) in [6.07, 6.45) is 8.93. The Morgan fingerprint density at radius 1 is 0.875 bits per heavy atom. The molecule has 32 heavy (non-hydrogen) atoms. The second-order valence-corrected chi connectivity index (χ2v) is 11.4. The van der Waals surface area contributed by atoms with Gasteiger partial charge in [-0.1, -0.05) is 66.8 Å². The van der Waals surface area contributed by atoms with Crippen molar-refractivity contribution in [2.75, 3.05) is 25.6 Å². The fourth-order valence-corrected chi connectivity index (χ4v) is 6.98. The average Bonchev–Trinajstić information content (AvgIpc) is 2.88. The van der Waals surface area contributed by atoms with Crippen molar-refractivity contribution < 1.29 is 4.74 Å². The summed E-state index contributed by atoms with van der Waals surface area (Å²) < 4.78 is 5.64. The van der Waals surface area contributed by atoms with Crippen LogP contribution in [0.4, 0.5) is 5.69 Å². The van der Waals surface area contributed by atoms with Crippen LogP contribution in [0.25, 0.3) is 0 Å². The molecule has 162 valence electrons. The molecule has 4 rings (SSSR count). The molecule has 0 radical (unpaired) electrons. The molecule has 0 heterocycles. The predicted octanol–water partition coefficient (Wildman–Crippen LogP) is 6.04. The minimum Gasteiger partial charge on any atom is -0.495 e. The van der Waals surface area contributed by atoms with Crippen molar-refractivity contribution in [1.29, 1.82) is 0 Å². The van der Waals surface area contributed by atoms with Gasteiger partial charge in [0.05, 0.1) is 26.0 Å². The fourth-order valence-electron chi connectivity index (χ4n) is 3.96. The summed E-state index contributed by atoms with van der Waals surface area (Å²) in [5.74, 6) is 0.810. The molecule has 0 amide bonds. The van der Waals surface area contributed by atoms with Gasteiger partial charge in [-0.15, -0.1) is 0 Å². The van der Waals surface area contributed by atoms with Gasteiger partial charge in [0.2, 0.25) is 0 Å². The summed E-state index contributed by atoms with van der Waals surface area (Å²) in [5, 5.41) is 6.28. The number of anilines is 1. The molecule has 0 fully saturated rings. The molecule has 1 aliphatic carbocycles. The van der Waals surface area contributed by atoms with E-state index in [1.807, 2.05) is 18.2 Å². The lowest BCUT2D eigenvalue weighted by molar-refractivity contribution is 0.417. The van der Waals surface area contributed by atoms with E-state index in [2.05, 4.69) is 96.9 Å². The Labute approximate surface area is 191 Å². The van der Waals surface area contributed by atoms with Gasteiger partial charge in [-0.05, 0) is 54.8 Å². The second kappa shape index (κ2) is 10.4. The molecule has 0 saturated heterocycles. The van der Waals surface area contributed by atoms with Crippen LogP contribution in [-0.2, 0) is 0 Å². The zero-order valence-electron chi connectivity index (χ0n) is 18.7. The fraction of sp³-hybridized carbons (Fsp3) is 0.179. The van der Waals surface area contributed by atoms with E-state index in [4.69, 9.17) is 9.73 Å². The predicted molar refractivity (Wildman–Crippen MR) is 140 cm³/mol. The summed E-state index contributed by atoms with van der Waals surface area (Å²) >= 11 is 0. The normalized spacial score (nSPS) is 14.1. The Balaban J connectivity index is 1.85. The monoisotopic (exact) mass is 441 g/mol.